The summed E-state index contributed by atoms with van der Waals surface area (Å²) in [6, 6.07) is 13.5. The van der Waals surface area contributed by atoms with Gasteiger partial charge in [-0.25, -0.2) is 0 Å². The average molecular weight is 311 g/mol. The van der Waals surface area contributed by atoms with Crippen molar-refractivity contribution in [3.8, 4) is 11.5 Å². The van der Waals surface area contributed by atoms with E-state index >= 15 is 0 Å². The Kier molecular flexibility index (Phi) is 4.81. The Morgan fingerprint density at radius 1 is 1.26 bits per heavy atom. The molecule has 1 N–H and O–H groups in total. The third-order valence-corrected chi connectivity index (χ3v) is 4.00. The molecule has 0 aliphatic carbocycles. The van der Waals surface area contributed by atoms with Crippen molar-refractivity contribution in [1.29, 1.82) is 0 Å². The Balaban J connectivity index is 1.55. The summed E-state index contributed by atoms with van der Waals surface area (Å²) in [5, 5.41) is 2.95. The molecule has 120 valence electrons. The standard InChI is InChI=1S/C19H21NO3/c1-22-17-6-2-4-16(13-17)19(21)20-10-9-14-7-8-18-15(12-14)5-3-11-23-18/h2,4,6-8,12-13H,3,5,9-11H2,1H3,(H,20,21). The van der Waals surface area contributed by atoms with Crippen molar-refractivity contribution >= 4 is 5.91 Å². The molecule has 0 saturated heterocycles. The fourth-order valence-electron chi connectivity index (χ4n) is 2.76. The zero-order valence-corrected chi connectivity index (χ0v) is 13.3. The molecular weight excluding hydrogens is 290 g/mol. The van der Waals surface area contributed by atoms with Crippen LogP contribution in [0.4, 0.5) is 0 Å². The highest BCUT2D eigenvalue weighted by molar-refractivity contribution is 5.94. The Labute approximate surface area is 136 Å². The second kappa shape index (κ2) is 7.18. The number of amides is 1. The molecule has 1 amide bonds. The van der Waals surface area contributed by atoms with Gasteiger partial charge >= 0.3 is 0 Å². The van der Waals surface area contributed by atoms with Crippen molar-refractivity contribution in [3.63, 3.8) is 0 Å². The van der Waals surface area contributed by atoms with E-state index in [2.05, 4.69) is 17.4 Å². The summed E-state index contributed by atoms with van der Waals surface area (Å²) < 4.78 is 10.8. The Morgan fingerprint density at radius 3 is 3.04 bits per heavy atom. The molecule has 23 heavy (non-hydrogen) atoms. The quantitative estimate of drug-likeness (QED) is 0.923. The monoisotopic (exact) mass is 311 g/mol. The third-order valence-electron chi connectivity index (χ3n) is 4.00. The summed E-state index contributed by atoms with van der Waals surface area (Å²) in [6.07, 6.45) is 2.95. The lowest BCUT2D eigenvalue weighted by Gasteiger charge is -2.18. The molecule has 0 bridgehead atoms. The molecule has 0 saturated carbocycles. The van der Waals surface area contributed by atoms with Gasteiger partial charge in [0.05, 0.1) is 13.7 Å². The first-order chi connectivity index (χ1) is 11.3. The van der Waals surface area contributed by atoms with E-state index in [9.17, 15) is 4.79 Å². The minimum absolute atomic E-state index is 0.0785. The van der Waals surface area contributed by atoms with Crippen molar-refractivity contribution in [2.75, 3.05) is 20.3 Å². The first-order valence-corrected chi connectivity index (χ1v) is 7.93. The fraction of sp³-hybridized carbons (Fsp3) is 0.316. The number of methoxy groups -OCH3 is 1. The number of benzene rings is 2. The van der Waals surface area contributed by atoms with E-state index in [1.807, 2.05) is 18.2 Å². The van der Waals surface area contributed by atoms with Crippen LogP contribution in [0.15, 0.2) is 42.5 Å². The van der Waals surface area contributed by atoms with Crippen LogP contribution in [0.5, 0.6) is 11.5 Å². The largest absolute Gasteiger partial charge is 0.497 e. The van der Waals surface area contributed by atoms with Gasteiger partial charge in [-0.3, -0.25) is 4.79 Å². The molecule has 2 aromatic rings. The lowest BCUT2D eigenvalue weighted by molar-refractivity contribution is 0.0954. The Bertz CT molecular complexity index is 697. The van der Waals surface area contributed by atoms with Gasteiger partial charge in [0.2, 0.25) is 0 Å². The van der Waals surface area contributed by atoms with E-state index in [1.165, 1.54) is 11.1 Å². The second-order valence-corrected chi connectivity index (χ2v) is 5.63. The van der Waals surface area contributed by atoms with E-state index in [1.54, 1.807) is 19.2 Å². The summed E-state index contributed by atoms with van der Waals surface area (Å²) >= 11 is 0. The molecule has 3 rings (SSSR count). The first-order valence-electron chi connectivity index (χ1n) is 7.93. The zero-order valence-electron chi connectivity index (χ0n) is 13.3. The van der Waals surface area contributed by atoms with Crippen LogP contribution in [-0.2, 0) is 12.8 Å². The molecular formula is C19H21NO3. The smallest absolute Gasteiger partial charge is 0.251 e. The topological polar surface area (TPSA) is 47.6 Å². The fourth-order valence-corrected chi connectivity index (χ4v) is 2.76. The van der Waals surface area contributed by atoms with E-state index in [0.717, 1.165) is 31.6 Å². The van der Waals surface area contributed by atoms with Crippen molar-refractivity contribution in [2.24, 2.45) is 0 Å². The number of fused-ring (bicyclic) bond motifs is 1. The summed E-state index contributed by atoms with van der Waals surface area (Å²) in [5.41, 5.74) is 3.11. The molecule has 0 aromatic heterocycles. The van der Waals surface area contributed by atoms with Crippen molar-refractivity contribution < 1.29 is 14.3 Å². The summed E-state index contributed by atoms with van der Waals surface area (Å²) in [7, 11) is 1.59. The van der Waals surface area contributed by atoms with Gasteiger partial charge in [-0.05, 0) is 54.7 Å². The molecule has 0 fully saturated rings. The number of carbonyl (C=O) groups excluding carboxylic acids is 1. The molecule has 0 radical (unpaired) electrons. The van der Waals surface area contributed by atoms with Gasteiger partial charge in [0.1, 0.15) is 11.5 Å². The number of carbonyl (C=O) groups is 1. The Hall–Kier alpha value is -2.49. The van der Waals surface area contributed by atoms with Crippen LogP contribution >= 0.6 is 0 Å². The van der Waals surface area contributed by atoms with Gasteiger partial charge in [-0.15, -0.1) is 0 Å². The van der Waals surface area contributed by atoms with Crippen LogP contribution < -0.4 is 14.8 Å². The third kappa shape index (κ3) is 3.83. The summed E-state index contributed by atoms with van der Waals surface area (Å²) in [6.45, 7) is 1.42. The number of aryl methyl sites for hydroxylation is 1. The van der Waals surface area contributed by atoms with E-state index in [-0.39, 0.29) is 5.91 Å². The SMILES string of the molecule is COc1cccc(C(=O)NCCc2ccc3c(c2)CCCO3)c1. The van der Waals surface area contributed by atoms with Crippen molar-refractivity contribution in [1.82, 2.24) is 5.32 Å². The van der Waals surface area contributed by atoms with Gasteiger partial charge < -0.3 is 14.8 Å². The lowest BCUT2D eigenvalue weighted by atomic mass is 10.0. The number of ether oxygens (including phenoxy) is 2. The minimum atomic E-state index is -0.0785. The van der Waals surface area contributed by atoms with Crippen LogP contribution in [0.3, 0.4) is 0 Å². The lowest BCUT2D eigenvalue weighted by Crippen LogP contribution is -2.25. The molecule has 1 heterocycles. The average Bonchev–Trinajstić information content (AvgIpc) is 2.61. The highest BCUT2D eigenvalue weighted by Gasteiger charge is 2.11. The van der Waals surface area contributed by atoms with Crippen LogP contribution in [0.25, 0.3) is 0 Å². The van der Waals surface area contributed by atoms with Gasteiger partial charge in [0.15, 0.2) is 0 Å². The normalized spacial score (nSPS) is 12.9. The summed E-state index contributed by atoms with van der Waals surface area (Å²) in [4.78, 5) is 12.1. The molecule has 1 aliphatic heterocycles. The molecule has 2 aromatic carbocycles. The van der Waals surface area contributed by atoms with Crippen molar-refractivity contribution in [3.05, 3.63) is 59.2 Å². The van der Waals surface area contributed by atoms with Gasteiger partial charge in [-0.1, -0.05) is 18.2 Å². The number of rotatable bonds is 5. The van der Waals surface area contributed by atoms with Crippen LogP contribution in [0.2, 0.25) is 0 Å². The Morgan fingerprint density at radius 2 is 2.17 bits per heavy atom. The van der Waals surface area contributed by atoms with E-state index < -0.39 is 0 Å². The maximum atomic E-state index is 12.1. The maximum Gasteiger partial charge on any atom is 0.251 e. The van der Waals surface area contributed by atoms with Gasteiger partial charge in [0, 0.05) is 12.1 Å². The molecule has 0 unspecified atom stereocenters. The maximum absolute atomic E-state index is 12.1. The highest BCUT2D eigenvalue weighted by Crippen LogP contribution is 2.25. The number of hydrogen-bond donors (Lipinski definition) is 1. The summed E-state index contributed by atoms with van der Waals surface area (Å²) in [5.74, 6) is 1.61. The van der Waals surface area contributed by atoms with E-state index in [0.29, 0.717) is 17.9 Å². The predicted octanol–water partition coefficient (Wildman–Crippen LogP) is 2.99. The van der Waals surface area contributed by atoms with Crippen LogP contribution in [-0.4, -0.2) is 26.2 Å². The van der Waals surface area contributed by atoms with E-state index in [4.69, 9.17) is 9.47 Å². The number of hydrogen-bond acceptors (Lipinski definition) is 3. The molecule has 0 atom stereocenters. The minimum Gasteiger partial charge on any atom is -0.497 e. The second-order valence-electron chi connectivity index (χ2n) is 5.63. The van der Waals surface area contributed by atoms with Crippen LogP contribution in [0, 0.1) is 0 Å². The number of nitrogens with one attached hydrogen (secondary N) is 1. The highest BCUT2D eigenvalue weighted by atomic mass is 16.5. The molecule has 1 aliphatic rings. The molecule has 4 nitrogen and oxygen atoms in total. The molecule has 4 heteroatoms. The van der Waals surface area contributed by atoms with Gasteiger partial charge in [0.25, 0.3) is 5.91 Å². The molecule has 0 spiro atoms. The zero-order chi connectivity index (χ0) is 16.1. The van der Waals surface area contributed by atoms with Crippen LogP contribution in [0.1, 0.15) is 27.9 Å². The predicted molar refractivity (Wildman–Crippen MR) is 89.3 cm³/mol. The van der Waals surface area contributed by atoms with Gasteiger partial charge in [-0.2, -0.15) is 0 Å². The first kappa shape index (κ1) is 15.4. The van der Waals surface area contributed by atoms with Crippen molar-refractivity contribution in [2.45, 2.75) is 19.3 Å².